The molecule has 12 heteroatoms. The largest absolute Gasteiger partial charge is 0.481 e. The van der Waals surface area contributed by atoms with E-state index in [0.717, 1.165) is 18.4 Å². The zero-order valence-electron chi connectivity index (χ0n) is 24.9. The normalized spacial score (nSPS) is 11.8. The second kappa shape index (κ2) is 17.7. The van der Waals surface area contributed by atoms with Crippen LogP contribution in [0, 0.1) is 0 Å². The number of amides is 3. The van der Waals surface area contributed by atoms with Crippen LogP contribution in [0.1, 0.15) is 47.7 Å². The number of hydrogen-bond donors (Lipinski definition) is 5. The van der Waals surface area contributed by atoms with E-state index in [4.69, 9.17) is 14.6 Å². The Morgan fingerprint density at radius 3 is 2.07 bits per heavy atom. The van der Waals surface area contributed by atoms with Crippen LogP contribution in [0.3, 0.4) is 0 Å². The van der Waals surface area contributed by atoms with Gasteiger partial charge in [0.15, 0.2) is 6.61 Å². The molecule has 45 heavy (non-hydrogen) atoms. The summed E-state index contributed by atoms with van der Waals surface area (Å²) in [4.78, 5) is 63.1. The highest BCUT2D eigenvalue weighted by molar-refractivity contribution is 5.94. The number of aliphatic carboxylic acids is 1. The third-order valence-electron chi connectivity index (χ3n) is 6.66. The monoisotopic (exact) mass is 619 g/mol. The van der Waals surface area contributed by atoms with Crippen LogP contribution >= 0.6 is 0 Å². The third kappa shape index (κ3) is 11.3. The van der Waals surface area contributed by atoms with Crippen molar-refractivity contribution in [1.82, 2.24) is 16.0 Å². The highest BCUT2D eigenvalue weighted by Crippen LogP contribution is 2.24. The summed E-state index contributed by atoms with van der Waals surface area (Å²) in [5, 5.41) is 27.0. The average Bonchev–Trinajstić information content (AvgIpc) is 3.02. The van der Waals surface area contributed by atoms with Crippen molar-refractivity contribution in [3.63, 3.8) is 0 Å². The Hall–Kier alpha value is -5.39. The summed E-state index contributed by atoms with van der Waals surface area (Å²) in [5.74, 6) is -3.87. The highest BCUT2D eigenvalue weighted by atomic mass is 16.6. The number of carboxylic acid groups (broad SMARTS) is 2. The van der Waals surface area contributed by atoms with E-state index in [1.807, 2.05) is 13.0 Å². The van der Waals surface area contributed by atoms with Gasteiger partial charge in [-0.15, -0.1) is 0 Å². The van der Waals surface area contributed by atoms with Crippen LogP contribution in [0.4, 0.5) is 4.79 Å². The molecule has 0 spiro atoms. The topological polar surface area (TPSA) is 180 Å². The maximum Gasteiger partial charge on any atom is 0.413 e. The molecular formula is C33H37N3O9. The maximum atomic E-state index is 13.7. The fraction of sp³-hybridized carbons (Fsp3) is 0.303. The van der Waals surface area contributed by atoms with E-state index in [-0.39, 0.29) is 35.5 Å². The van der Waals surface area contributed by atoms with E-state index in [2.05, 4.69) is 16.0 Å². The standard InChI is InChI=1S/C33H37N3O9/c1-2-3-10-18-34-30(39)26(20-23-14-11-17-27(29(23)32(41)42)44-21-28(37)38)35-31(40)25(19-22-12-6-4-7-13-22)36-33(43)45-24-15-8-5-9-16-24/h4-9,11-17,25-26H,2-3,10,18-21H2,1H3,(H,34,39)(H,35,40)(H,36,43)(H,37,38)(H,41,42)/t25-,26-/m0/s1. The fourth-order valence-corrected chi connectivity index (χ4v) is 4.49. The minimum absolute atomic E-state index is 0.0697. The second-order valence-electron chi connectivity index (χ2n) is 10.1. The molecule has 0 aliphatic carbocycles. The van der Waals surface area contributed by atoms with Gasteiger partial charge in [0, 0.05) is 19.4 Å². The molecule has 238 valence electrons. The quantitative estimate of drug-likeness (QED) is 0.141. The van der Waals surface area contributed by atoms with Gasteiger partial charge in [-0.05, 0) is 35.7 Å². The lowest BCUT2D eigenvalue weighted by atomic mass is 9.98. The van der Waals surface area contributed by atoms with Gasteiger partial charge in [-0.25, -0.2) is 14.4 Å². The van der Waals surface area contributed by atoms with Crippen LogP contribution in [0.25, 0.3) is 0 Å². The zero-order chi connectivity index (χ0) is 32.6. The molecule has 0 fully saturated rings. The SMILES string of the molecule is CCCCCNC(=O)[C@H](Cc1cccc(OCC(=O)O)c1C(=O)O)NC(=O)[C@H](Cc1ccccc1)NC(=O)Oc1ccccc1. The molecule has 0 aliphatic heterocycles. The molecule has 3 rings (SSSR count). The minimum atomic E-state index is -1.40. The molecule has 0 bridgehead atoms. The van der Waals surface area contributed by atoms with Crippen molar-refractivity contribution in [2.45, 2.75) is 51.1 Å². The number of aromatic carboxylic acids is 1. The van der Waals surface area contributed by atoms with Crippen molar-refractivity contribution in [3.8, 4) is 11.5 Å². The van der Waals surface area contributed by atoms with Crippen LogP contribution in [0.5, 0.6) is 11.5 Å². The molecule has 0 aromatic heterocycles. The molecule has 3 amide bonds. The van der Waals surface area contributed by atoms with E-state index in [0.29, 0.717) is 13.0 Å². The summed E-state index contributed by atoms with van der Waals surface area (Å²) < 4.78 is 10.5. The summed E-state index contributed by atoms with van der Waals surface area (Å²) in [6.07, 6.45) is 1.42. The van der Waals surface area contributed by atoms with Gasteiger partial charge >= 0.3 is 18.0 Å². The number of unbranched alkanes of at least 4 members (excludes halogenated alkanes) is 2. The Bertz CT molecular complexity index is 1450. The van der Waals surface area contributed by atoms with Gasteiger partial charge in [0.1, 0.15) is 29.1 Å². The van der Waals surface area contributed by atoms with Gasteiger partial charge in [-0.1, -0.05) is 80.4 Å². The van der Waals surface area contributed by atoms with Gasteiger partial charge in [0.25, 0.3) is 0 Å². The first kappa shape index (κ1) is 34.1. The van der Waals surface area contributed by atoms with Crippen molar-refractivity contribution in [1.29, 1.82) is 0 Å². The fourth-order valence-electron chi connectivity index (χ4n) is 4.49. The highest BCUT2D eigenvalue weighted by Gasteiger charge is 2.30. The molecule has 0 radical (unpaired) electrons. The first-order valence-corrected chi connectivity index (χ1v) is 14.5. The van der Waals surface area contributed by atoms with Crippen LogP contribution < -0.4 is 25.4 Å². The van der Waals surface area contributed by atoms with Gasteiger partial charge < -0.3 is 35.6 Å². The van der Waals surface area contributed by atoms with E-state index in [1.54, 1.807) is 54.6 Å². The van der Waals surface area contributed by atoms with Gasteiger partial charge in [0.2, 0.25) is 11.8 Å². The van der Waals surface area contributed by atoms with Crippen molar-refractivity contribution in [3.05, 3.63) is 95.6 Å². The second-order valence-corrected chi connectivity index (χ2v) is 10.1. The number of carbonyl (C=O) groups is 5. The molecule has 0 heterocycles. The third-order valence-corrected chi connectivity index (χ3v) is 6.66. The molecule has 3 aromatic carbocycles. The molecular weight excluding hydrogens is 582 g/mol. The molecule has 2 atom stereocenters. The van der Waals surface area contributed by atoms with Gasteiger partial charge in [-0.3, -0.25) is 9.59 Å². The van der Waals surface area contributed by atoms with Crippen LogP contribution in [-0.2, 0) is 27.2 Å². The number of rotatable bonds is 17. The molecule has 0 aliphatic rings. The zero-order valence-corrected chi connectivity index (χ0v) is 24.9. The molecule has 0 saturated carbocycles. The lowest BCUT2D eigenvalue weighted by Gasteiger charge is -2.24. The Balaban J connectivity index is 1.89. The number of nitrogens with one attached hydrogen (secondary N) is 3. The van der Waals surface area contributed by atoms with Crippen molar-refractivity contribution in [2.75, 3.05) is 13.2 Å². The maximum absolute atomic E-state index is 13.7. The Labute approximate surface area is 260 Å². The predicted molar refractivity (Wildman–Crippen MR) is 164 cm³/mol. The number of carbonyl (C=O) groups excluding carboxylic acids is 3. The Morgan fingerprint density at radius 2 is 1.42 bits per heavy atom. The van der Waals surface area contributed by atoms with E-state index >= 15 is 0 Å². The van der Waals surface area contributed by atoms with E-state index in [1.165, 1.54) is 18.2 Å². The number of para-hydroxylation sites is 1. The van der Waals surface area contributed by atoms with E-state index in [9.17, 15) is 29.1 Å². The number of hydrogen-bond acceptors (Lipinski definition) is 7. The van der Waals surface area contributed by atoms with Crippen molar-refractivity contribution in [2.24, 2.45) is 0 Å². The number of benzene rings is 3. The summed E-state index contributed by atoms with van der Waals surface area (Å²) in [7, 11) is 0. The average molecular weight is 620 g/mol. The van der Waals surface area contributed by atoms with Gasteiger partial charge in [-0.2, -0.15) is 0 Å². The smallest absolute Gasteiger partial charge is 0.413 e. The Morgan fingerprint density at radius 1 is 0.756 bits per heavy atom. The van der Waals surface area contributed by atoms with Crippen LogP contribution in [0.2, 0.25) is 0 Å². The number of carboxylic acids is 2. The van der Waals surface area contributed by atoms with Crippen LogP contribution in [0.15, 0.2) is 78.9 Å². The van der Waals surface area contributed by atoms with E-state index < -0.39 is 48.5 Å². The first-order valence-electron chi connectivity index (χ1n) is 14.5. The van der Waals surface area contributed by atoms with Gasteiger partial charge in [0.05, 0.1) is 0 Å². The Kier molecular flexibility index (Phi) is 13.4. The minimum Gasteiger partial charge on any atom is -0.481 e. The molecule has 12 nitrogen and oxygen atoms in total. The first-order chi connectivity index (χ1) is 21.7. The summed E-state index contributed by atoms with van der Waals surface area (Å²) in [6.45, 7) is 1.58. The summed E-state index contributed by atoms with van der Waals surface area (Å²) in [5.41, 5.74) is 0.535. The lowest BCUT2D eigenvalue weighted by Crippen LogP contribution is -2.55. The number of ether oxygens (including phenoxy) is 2. The predicted octanol–water partition coefficient (Wildman–Crippen LogP) is 3.58. The molecule has 0 unspecified atom stereocenters. The van der Waals surface area contributed by atoms with Crippen LogP contribution in [-0.4, -0.2) is 65.3 Å². The molecule has 0 saturated heterocycles. The van der Waals surface area contributed by atoms with Crippen molar-refractivity contribution >= 4 is 29.8 Å². The summed E-state index contributed by atoms with van der Waals surface area (Å²) in [6, 6.07) is 19.1. The van der Waals surface area contributed by atoms with Crippen molar-refractivity contribution < 1.29 is 43.7 Å². The molecule has 5 N–H and O–H groups in total. The summed E-state index contributed by atoms with van der Waals surface area (Å²) >= 11 is 0. The lowest BCUT2D eigenvalue weighted by molar-refractivity contribution is -0.139. The molecule has 3 aromatic rings.